The van der Waals surface area contributed by atoms with E-state index in [-0.39, 0.29) is 23.9 Å². The molecule has 1 heterocycles. The number of nitrogens with one attached hydrogen (secondary N) is 2. The monoisotopic (exact) mass is 512 g/mol. The van der Waals surface area contributed by atoms with E-state index in [4.69, 9.17) is 28.9 Å². The van der Waals surface area contributed by atoms with Crippen LogP contribution in [0.25, 0.3) is 10.8 Å². The van der Waals surface area contributed by atoms with E-state index in [9.17, 15) is 9.59 Å². The van der Waals surface area contributed by atoms with Crippen molar-refractivity contribution < 1.29 is 9.59 Å². The van der Waals surface area contributed by atoms with Gasteiger partial charge in [-0.2, -0.15) is 0 Å². The van der Waals surface area contributed by atoms with Crippen molar-refractivity contribution in [1.82, 2.24) is 15.5 Å². The second kappa shape index (κ2) is 11.9. The maximum absolute atomic E-state index is 13.3. The number of benzene rings is 3. The largest absolute Gasteiger partial charge is 0.350 e. The van der Waals surface area contributed by atoms with Crippen molar-refractivity contribution in [2.45, 2.75) is 37.9 Å². The third-order valence-corrected chi connectivity index (χ3v) is 7.11. The summed E-state index contributed by atoms with van der Waals surface area (Å²) in [6.07, 6.45) is 2.09. The van der Waals surface area contributed by atoms with Gasteiger partial charge >= 0.3 is 0 Å². The quantitative estimate of drug-likeness (QED) is 0.418. The highest BCUT2D eigenvalue weighted by Gasteiger charge is 2.30. The summed E-state index contributed by atoms with van der Waals surface area (Å²) in [5.74, 6) is -0.0906. The predicted molar refractivity (Wildman–Crippen MR) is 142 cm³/mol. The summed E-state index contributed by atoms with van der Waals surface area (Å²) >= 11 is 12.2. The number of fused-ring (bicyclic) bond motifs is 1. The Kier molecular flexibility index (Phi) is 8.63. The molecule has 6 nitrogen and oxygen atoms in total. The van der Waals surface area contributed by atoms with Crippen LogP contribution in [0.5, 0.6) is 0 Å². The normalized spacial score (nSPS) is 18.5. The van der Waals surface area contributed by atoms with Crippen LogP contribution in [0.2, 0.25) is 10.0 Å². The first kappa shape index (κ1) is 25.5. The zero-order valence-electron chi connectivity index (χ0n) is 19.5. The smallest absolute Gasteiger partial charge is 0.251 e. The maximum atomic E-state index is 13.3. The summed E-state index contributed by atoms with van der Waals surface area (Å²) in [5.41, 5.74) is 7.26. The fourth-order valence-corrected chi connectivity index (χ4v) is 4.76. The van der Waals surface area contributed by atoms with E-state index in [1.807, 2.05) is 53.4 Å². The Morgan fingerprint density at radius 1 is 1.06 bits per heavy atom. The van der Waals surface area contributed by atoms with Crippen molar-refractivity contribution >= 4 is 45.8 Å². The zero-order chi connectivity index (χ0) is 24.8. The minimum atomic E-state index is -0.355. The second-order valence-corrected chi connectivity index (χ2v) is 9.73. The van der Waals surface area contributed by atoms with Gasteiger partial charge in [-0.05, 0) is 66.4 Å². The van der Waals surface area contributed by atoms with Crippen LogP contribution in [0.15, 0.2) is 60.7 Å². The topological polar surface area (TPSA) is 87.5 Å². The molecule has 0 radical (unpaired) electrons. The van der Waals surface area contributed by atoms with Crippen molar-refractivity contribution in [2.24, 2.45) is 5.73 Å². The Hall–Kier alpha value is -2.64. The number of nitrogens with zero attached hydrogens (tertiary/aromatic N) is 1. The van der Waals surface area contributed by atoms with Crippen molar-refractivity contribution in [1.29, 1.82) is 0 Å². The van der Waals surface area contributed by atoms with Crippen molar-refractivity contribution in [3.8, 4) is 0 Å². The molecular weight excluding hydrogens is 483 g/mol. The molecule has 4 N–H and O–H groups in total. The van der Waals surface area contributed by atoms with Crippen molar-refractivity contribution in [2.75, 3.05) is 19.6 Å². The number of hydrogen-bond donors (Lipinski definition) is 3. The molecule has 0 aromatic heterocycles. The predicted octanol–water partition coefficient (Wildman–Crippen LogP) is 4.37. The highest BCUT2D eigenvalue weighted by molar-refractivity contribution is 6.42. The Labute approximate surface area is 215 Å². The molecule has 2 atom stereocenters. The third kappa shape index (κ3) is 6.53. The molecule has 184 valence electrons. The number of nitrogens with two attached hydrogens (primary N) is 1. The highest BCUT2D eigenvalue weighted by Crippen LogP contribution is 2.24. The van der Waals surface area contributed by atoms with Gasteiger partial charge in [0.25, 0.3) is 5.91 Å². The van der Waals surface area contributed by atoms with Crippen LogP contribution in [0.3, 0.4) is 0 Å². The zero-order valence-corrected chi connectivity index (χ0v) is 21.0. The lowest BCUT2D eigenvalue weighted by Crippen LogP contribution is -2.48. The molecule has 0 spiro atoms. The van der Waals surface area contributed by atoms with E-state index in [0.717, 1.165) is 22.8 Å². The average molecular weight is 513 g/mol. The third-order valence-electron chi connectivity index (χ3n) is 6.37. The Bertz CT molecular complexity index is 1200. The molecule has 3 aromatic rings. The first-order chi connectivity index (χ1) is 16.9. The minimum absolute atomic E-state index is 0.0351. The van der Waals surface area contributed by atoms with Crippen LogP contribution in [0.1, 0.15) is 35.2 Å². The first-order valence-electron chi connectivity index (χ1n) is 11.9. The van der Waals surface area contributed by atoms with Gasteiger partial charge in [0.1, 0.15) is 0 Å². The van der Waals surface area contributed by atoms with Crippen molar-refractivity contribution in [3.05, 3.63) is 81.8 Å². The molecule has 4 rings (SSSR count). The Morgan fingerprint density at radius 2 is 1.86 bits per heavy atom. The lowest BCUT2D eigenvalue weighted by molar-refractivity contribution is -0.133. The fourth-order valence-electron chi connectivity index (χ4n) is 4.44. The van der Waals surface area contributed by atoms with Crippen LogP contribution >= 0.6 is 23.2 Å². The molecule has 1 aliphatic rings. The molecule has 35 heavy (non-hydrogen) atoms. The lowest BCUT2D eigenvalue weighted by atomic mass is 10.1. The number of carbonyl (C=O) groups excluding carboxylic acids is 2. The summed E-state index contributed by atoms with van der Waals surface area (Å²) in [7, 11) is 0. The molecule has 0 unspecified atom stereocenters. The average Bonchev–Trinajstić information content (AvgIpc) is 3.01. The molecular formula is C27H30Cl2N4O2. The van der Waals surface area contributed by atoms with Gasteiger partial charge in [-0.15, -0.1) is 0 Å². The van der Waals surface area contributed by atoms with Crippen LogP contribution in [-0.2, 0) is 11.3 Å². The van der Waals surface area contributed by atoms with Gasteiger partial charge in [0.15, 0.2) is 0 Å². The summed E-state index contributed by atoms with van der Waals surface area (Å²) in [4.78, 5) is 28.0. The fraction of sp³-hybridized carbons (Fsp3) is 0.333. The summed E-state index contributed by atoms with van der Waals surface area (Å²) < 4.78 is 0. The number of amides is 2. The van der Waals surface area contributed by atoms with Crippen LogP contribution in [0.4, 0.5) is 0 Å². The molecule has 2 amide bonds. The van der Waals surface area contributed by atoms with E-state index in [0.29, 0.717) is 54.6 Å². The van der Waals surface area contributed by atoms with Gasteiger partial charge in [0.2, 0.25) is 5.91 Å². The van der Waals surface area contributed by atoms with Gasteiger partial charge in [-0.1, -0.05) is 59.6 Å². The molecule has 1 saturated heterocycles. The second-order valence-electron chi connectivity index (χ2n) is 8.92. The highest BCUT2D eigenvalue weighted by atomic mass is 35.5. The van der Waals surface area contributed by atoms with Gasteiger partial charge < -0.3 is 21.3 Å². The molecule has 8 heteroatoms. The van der Waals surface area contributed by atoms with Crippen LogP contribution in [-0.4, -0.2) is 48.4 Å². The minimum Gasteiger partial charge on any atom is -0.350 e. The van der Waals surface area contributed by atoms with E-state index in [2.05, 4.69) is 10.6 Å². The van der Waals surface area contributed by atoms with Gasteiger partial charge in [0.05, 0.1) is 16.1 Å². The number of halogens is 2. The number of carbonyl (C=O) groups is 2. The van der Waals surface area contributed by atoms with E-state index >= 15 is 0 Å². The molecule has 0 saturated carbocycles. The summed E-state index contributed by atoms with van der Waals surface area (Å²) in [6, 6.07) is 18.7. The van der Waals surface area contributed by atoms with Crippen LogP contribution in [0, 0.1) is 0 Å². The van der Waals surface area contributed by atoms with Gasteiger partial charge in [-0.3, -0.25) is 9.59 Å². The number of rotatable bonds is 8. The SMILES string of the molecule is NCCC[C@H]1N[C@@H](CNC(=O)c2ccc3ccccc3c2)CCN(Cc2ccc(Cl)c(Cl)c2)C1=O. The van der Waals surface area contributed by atoms with Crippen molar-refractivity contribution in [3.63, 3.8) is 0 Å². The van der Waals surface area contributed by atoms with Crippen LogP contribution < -0.4 is 16.4 Å². The van der Waals surface area contributed by atoms with E-state index < -0.39 is 0 Å². The molecule has 3 aromatic carbocycles. The standard InChI is InChI=1S/C27H30Cl2N4O2/c28-23-10-7-18(14-24(23)29)17-33-13-11-22(32-25(27(33)35)6-3-12-30)16-31-26(34)21-9-8-19-4-1-2-5-20(19)15-21/h1-2,4-5,7-10,14-15,22,25,32H,3,6,11-13,16-17,30H2,(H,31,34)/t22-,25-/m1/s1. The van der Waals surface area contributed by atoms with E-state index in [1.54, 1.807) is 12.1 Å². The number of hydrogen-bond acceptors (Lipinski definition) is 4. The summed E-state index contributed by atoms with van der Waals surface area (Å²) in [5, 5.41) is 9.59. The van der Waals surface area contributed by atoms with E-state index in [1.165, 1.54) is 0 Å². The molecule has 0 bridgehead atoms. The Morgan fingerprint density at radius 3 is 2.63 bits per heavy atom. The Balaban J connectivity index is 1.42. The maximum Gasteiger partial charge on any atom is 0.251 e. The molecule has 1 fully saturated rings. The summed E-state index contributed by atoms with van der Waals surface area (Å²) in [6.45, 7) is 1.97. The molecule has 0 aliphatic carbocycles. The lowest BCUT2D eigenvalue weighted by Gasteiger charge is -2.25. The first-order valence-corrected chi connectivity index (χ1v) is 12.7. The molecule has 1 aliphatic heterocycles. The van der Waals surface area contributed by atoms with Gasteiger partial charge in [-0.25, -0.2) is 0 Å². The van der Waals surface area contributed by atoms with Gasteiger partial charge in [0, 0.05) is 31.2 Å².